The van der Waals surface area contributed by atoms with Crippen LogP contribution in [-0.4, -0.2) is 75.1 Å². The lowest BCUT2D eigenvalue weighted by Gasteiger charge is -2.23. The Labute approximate surface area is 436 Å². The summed E-state index contributed by atoms with van der Waals surface area (Å²) < 4.78 is 138. The van der Waals surface area contributed by atoms with E-state index in [1.165, 1.54) is 16.7 Å². The summed E-state index contributed by atoms with van der Waals surface area (Å²) >= 11 is 0. The highest BCUT2D eigenvalue weighted by Crippen LogP contribution is 2.33. The molecular weight excluding hydrogens is 1010 g/mol. The van der Waals surface area contributed by atoms with Gasteiger partial charge in [-0.05, 0) is 135 Å². The van der Waals surface area contributed by atoms with Crippen molar-refractivity contribution in [3.05, 3.63) is 126 Å². The zero-order valence-electron chi connectivity index (χ0n) is 44.2. The Morgan fingerprint density at radius 1 is 0.447 bits per heavy atom. The quantitative estimate of drug-likeness (QED) is 0.0472. The Balaban J connectivity index is 0.000000246. The molecule has 0 radical (unpaired) electrons. The zero-order valence-corrected chi connectivity index (χ0v) is 44.2. The van der Waals surface area contributed by atoms with Gasteiger partial charge in [0.2, 0.25) is 0 Å². The van der Waals surface area contributed by atoms with Gasteiger partial charge in [-0.2, -0.15) is 39.5 Å². The Morgan fingerprint density at radius 2 is 0.776 bits per heavy atom. The molecule has 0 fully saturated rings. The molecule has 9 nitrogen and oxygen atoms in total. The summed E-state index contributed by atoms with van der Waals surface area (Å²) in [7, 11) is 0. The minimum absolute atomic E-state index is 0.0717. The molecule has 6 aromatic carbocycles. The molecule has 0 aliphatic rings. The number of benzene rings is 6. The second kappa shape index (κ2) is 26.4. The number of carbonyl (C=O) groups excluding carboxylic acids is 3. The molecule has 0 aliphatic carbocycles. The van der Waals surface area contributed by atoms with Gasteiger partial charge in [-0.15, -0.1) is 0 Å². The predicted octanol–water partition coefficient (Wildman–Crippen LogP) is 15.6. The third-order valence-corrected chi connectivity index (χ3v) is 13.0. The van der Waals surface area contributed by atoms with E-state index in [4.69, 9.17) is 14.2 Å². The van der Waals surface area contributed by atoms with Crippen molar-refractivity contribution in [3.8, 4) is 17.2 Å². The van der Waals surface area contributed by atoms with E-state index < -0.39 is 75.1 Å². The first kappa shape index (κ1) is 61.8. The van der Waals surface area contributed by atoms with Gasteiger partial charge in [0.15, 0.2) is 38.6 Å². The number of halogens is 9. The van der Waals surface area contributed by atoms with Crippen LogP contribution in [0.5, 0.6) is 17.2 Å². The minimum Gasteiger partial charge on any atom is -0.482 e. The maximum atomic E-state index is 12.4. The molecular formula is C58H65F9O9. The Hall–Kier alpha value is -6.72. The van der Waals surface area contributed by atoms with Gasteiger partial charge in [-0.25, -0.2) is 14.4 Å². The lowest BCUT2D eigenvalue weighted by atomic mass is 9.81. The summed E-state index contributed by atoms with van der Waals surface area (Å²) in [4.78, 5) is 34.2. The second-order valence-corrected chi connectivity index (χ2v) is 19.5. The molecule has 0 amide bonds. The van der Waals surface area contributed by atoms with Gasteiger partial charge in [0, 0.05) is 0 Å². The van der Waals surface area contributed by atoms with Gasteiger partial charge in [-0.3, -0.25) is 0 Å². The van der Waals surface area contributed by atoms with Crippen LogP contribution in [0.1, 0.15) is 111 Å². The number of ether oxygens (including phenoxy) is 6. The molecule has 0 bridgehead atoms. The van der Waals surface area contributed by atoms with Gasteiger partial charge < -0.3 is 28.4 Å². The van der Waals surface area contributed by atoms with Crippen molar-refractivity contribution in [1.29, 1.82) is 0 Å². The molecule has 0 N–H and O–H groups in total. The third-order valence-electron chi connectivity index (χ3n) is 13.0. The number of rotatable bonds is 18. The summed E-state index contributed by atoms with van der Waals surface area (Å²) in [6.07, 6.45) is -14.9. The van der Waals surface area contributed by atoms with Crippen molar-refractivity contribution < 1.29 is 82.3 Å². The molecule has 3 atom stereocenters. The second-order valence-electron chi connectivity index (χ2n) is 19.5. The fourth-order valence-electron chi connectivity index (χ4n) is 6.98. The lowest BCUT2D eigenvalue weighted by Crippen LogP contribution is -2.32. The summed E-state index contributed by atoms with van der Waals surface area (Å²) in [6.45, 7) is 15.5. The third kappa shape index (κ3) is 19.1. The van der Waals surface area contributed by atoms with Crippen LogP contribution < -0.4 is 14.2 Å². The highest BCUT2D eigenvalue weighted by atomic mass is 19.4. The average Bonchev–Trinajstić information content (AvgIpc) is 3.37. The van der Waals surface area contributed by atoms with Crippen LogP contribution in [0.4, 0.5) is 39.5 Å². The van der Waals surface area contributed by atoms with Crippen LogP contribution in [0.3, 0.4) is 0 Å². The smallest absolute Gasteiger partial charge is 0.425 e. The summed E-state index contributed by atoms with van der Waals surface area (Å²) in [5.41, 5.74) is 3.85. The van der Waals surface area contributed by atoms with E-state index in [1.54, 1.807) is 36.4 Å². The standard InChI is InChI=1S/C20H23F3O3.2C19H21F3O3/c1-5-19(3,4)16-8-6-15-11-17(9-7-14(15)10-16)25-12-18(24)26-13(2)20(21,22)23;1-4-18(2,3)15-7-5-14-10-16(8-6-13(14)9-15)24-11-17(23)25-12-19(20,21)22;1-4-12(2)14-5-6-16-10-17(8-7-15(16)9-14)24-11-18(23)25-13(3)19(20,21)22/h6-11,13H,5,12H2,1-4H3;5-10H,4,11-12H2,1-3H3;5-10,12-13H,4,11H2,1-3H3. The van der Waals surface area contributed by atoms with Crippen molar-refractivity contribution in [2.45, 2.75) is 136 Å². The van der Waals surface area contributed by atoms with E-state index in [1.807, 2.05) is 48.5 Å². The average molecular weight is 1080 g/mol. The maximum absolute atomic E-state index is 12.4. The van der Waals surface area contributed by atoms with Gasteiger partial charge in [0.05, 0.1) is 0 Å². The highest BCUT2D eigenvalue weighted by Gasteiger charge is 2.40. The first-order valence-corrected chi connectivity index (χ1v) is 24.6. The molecule has 0 aromatic heterocycles. The van der Waals surface area contributed by atoms with Crippen LogP contribution in [-0.2, 0) is 39.4 Å². The highest BCUT2D eigenvalue weighted by molar-refractivity contribution is 5.87. The van der Waals surface area contributed by atoms with Crippen molar-refractivity contribution in [2.24, 2.45) is 0 Å². The molecule has 0 heterocycles. The molecule has 6 rings (SSSR count). The molecule has 18 heteroatoms. The Bertz CT molecular complexity index is 2890. The Kier molecular flexibility index (Phi) is 21.4. The number of hydrogen-bond donors (Lipinski definition) is 0. The van der Waals surface area contributed by atoms with E-state index in [0.29, 0.717) is 23.2 Å². The van der Waals surface area contributed by atoms with Gasteiger partial charge in [0.1, 0.15) is 17.2 Å². The van der Waals surface area contributed by atoms with E-state index in [0.717, 1.165) is 65.4 Å². The Morgan fingerprint density at radius 3 is 1.12 bits per heavy atom. The van der Waals surface area contributed by atoms with Crippen LogP contribution in [0.2, 0.25) is 0 Å². The van der Waals surface area contributed by atoms with Gasteiger partial charge in [0.25, 0.3) is 0 Å². The maximum Gasteiger partial charge on any atom is 0.425 e. The SMILES string of the molecule is CCC(C)(C)c1ccc2cc(OCC(=O)OC(C)C(F)(F)F)ccc2c1.CCC(C)(C)c1ccc2cc(OCC(=O)OCC(F)(F)F)ccc2c1.CCC(C)c1ccc2cc(OCC(=O)OC(C)C(F)(F)F)ccc2c1. The monoisotopic (exact) mass is 1080 g/mol. The van der Waals surface area contributed by atoms with E-state index in [-0.39, 0.29) is 10.8 Å². The number of hydrogen-bond acceptors (Lipinski definition) is 9. The summed E-state index contributed by atoms with van der Waals surface area (Å²) in [6, 6.07) is 34.3. The lowest BCUT2D eigenvalue weighted by molar-refractivity contribution is -0.217. The predicted molar refractivity (Wildman–Crippen MR) is 274 cm³/mol. The van der Waals surface area contributed by atoms with Crippen molar-refractivity contribution >= 4 is 50.2 Å². The first-order chi connectivity index (χ1) is 35.3. The first-order valence-electron chi connectivity index (χ1n) is 24.6. The van der Waals surface area contributed by atoms with E-state index in [2.05, 4.69) is 93.9 Å². The fourth-order valence-corrected chi connectivity index (χ4v) is 6.98. The van der Waals surface area contributed by atoms with Crippen LogP contribution >= 0.6 is 0 Å². The van der Waals surface area contributed by atoms with Crippen LogP contribution in [0.15, 0.2) is 109 Å². The fraction of sp³-hybridized carbons (Fsp3) is 0.431. The number of fused-ring (bicyclic) bond motifs is 3. The molecule has 6 aromatic rings. The largest absolute Gasteiger partial charge is 0.482 e. The number of alkyl halides is 9. The minimum atomic E-state index is -4.58. The van der Waals surface area contributed by atoms with Crippen molar-refractivity contribution in [2.75, 3.05) is 26.4 Å². The molecule has 76 heavy (non-hydrogen) atoms. The summed E-state index contributed by atoms with van der Waals surface area (Å²) in [5.74, 6) is -1.51. The van der Waals surface area contributed by atoms with E-state index in [9.17, 15) is 53.9 Å². The summed E-state index contributed by atoms with van der Waals surface area (Å²) in [5, 5.41) is 5.89. The van der Waals surface area contributed by atoms with Crippen molar-refractivity contribution in [1.82, 2.24) is 0 Å². The molecule has 3 unspecified atom stereocenters. The number of carbonyl (C=O) groups is 3. The molecule has 414 valence electrons. The molecule has 0 spiro atoms. The molecule has 0 saturated heterocycles. The van der Waals surface area contributed by atoms with Gasteiger partial charge >= 0.3 is 36.4 Å². The van der Waals surface area contributed by atoms with E-state index >= 15 is 0 Å². The molecule has 0 saturated carbocycles. The molecule has 0 aliphatic heterocycles. The van der Waals surface area contributed by atoms with Crippen LogP contribution in [0, 0.1) is 0 Å². The van der Waals surface area contributed by atoms with Gasteiger partial charge in [-0.1, -0.05) is 128 Å². The topological polar surface area (TPSA) is 107 Å². The number of esters is 3. The van der Waals surface area contributed by atoms with Crippen molar-refractivity contribution in [3.63, 3.8) is 0 Å². The zero-order chi connectivity index (χ0) is 56.8. The van der Waals surface area contributed by atoms with Crippen LogP contribution in [0.25, 0.3) is 32.3 Å². The normalized spacial score (nSPS) is 13.3.